The molecule has 100 valence electrons. The van der Waals surface area contributed by atoms with Gasteiger partial charge < -0.3 is 0 Å². The molecule has 2 aromatic rings. The number of amidine groups is 1. The van der Waals surface area contributed by atoms with Gasteiger partial charge in [0.05, 0.1) is 11.6 Å². The number of benzene rings is 2. The Morgan fingerprint density at radius 3 is 2.55 bits per heavy atom. The summed E-state index contributed by atoms with van der Waals surface area (Å²) in [5.74, 6) is 0.205. The van der Waals surface area contributed by atoms with Crippen molar-refractivity contribution in [2.24, 2.45) is 9.98 Å². The average Bonchev–Trinajstić information content (AvgIpc) is 2.90. The number of aliphatic imine (C=N–C) groups is 2. The molecule has 0 spiro atoms. The summed E-state index contributed by atoms with van der Waals surface area (Å²) in [6, 6.07) is 14.9. The molecule has 0 N–H and O–H groups in total. The van der Waals surface area contributed by atoms with E-state index in [9.17, 15) is 4.39 Å². The fourth-order valence-corrected chi connectivity index (χ4v) is 2.48. The molecule has 0 saturated heterocycles. The molecular weight excluding hydrogens is 366 g/mol. The second kappa shape index (κ2) is 5.83. The van der Waals surface area contributed by atoms with Crippen LogP contribution >= 0.6 is 22.6 Å². The van der Waals surface area contributed by atoms with Gasteiger partial charge in [0, 0.05) is 9.78 Å². The predicted octanol–water partition coefficient (Wildman–Crippen LogP) is 3.87. The molecular formula is C16H12FIN2. The molecule has 20 heavy (non-hydrogen) atoms. The second-order valence-electron chi connectivity index (χ2n) is 4.61. The van der Waals surface area contributed by atoms with Crippen molar-refractivity contribution in [3.8, 4) is 0 Å². The Kier molecular flexibility index (Phi) is 3.91. The molecule has 1 unspecified atom stereocenters. The van der Waals surface area contributed by atoms with E-state index in [1.54, 1.807) is 24.4 Å². The van der Waals surface area contributed by atoms with Crippen molar-refractivity contribution < 1.29 is 4.39 Å². The summed E-state index contributed by atoms with van der Waals surface area (Å²) < 4.78 is 14.9. The Hall–Kier alpha value is -1.56. The van der Waals surface area contributed by atoms with E-state index in [0.29, 0.717) is 11.4 Å². The third-order valence-electron chi connectivity index (χ3n) is 3.13. The number of nitrogens with zero attached hydrogens (tertiary/aromatic N) is 2. The maximum atomic E-state index is 13.7. The molecule has 4 heteroatoms. The van der Waals surface area contributed by atoms with Gasteiger partial charge in [-0.15, -0.1) is 0 Å². The van der Waals surface area contributed by atoms with Crippen molar-refractivity contribution >= 4 is 34.6 Å². The minimum Gasteiger partial charge on any atom is -0.257 e. The highest BCUT2D eigenvalue weighted by atomic mass is 127. The number of hydrogen-bond acceptors (Lipinski definition) is 2. The first-order valence-electron chi connectivity index (χ1n) is 6.34. The lowest BCUT2D eigenvalue weighted by Gasteiger charge is -2.04. The third-order valence-corrected chi connectivity index (χ3v) is 3.85. The van der Waals surface area contributed by atoms with Crippen LogP contribution in [-0.4, -0.2) is 18.1 Å². The molecule has 0 aromatic heterocycles. The zero-order chi connectivity index (χ0) is 13.9. The van der Waals surface area contributed by atoms with Gasteiger partial charge in [-0.2, -0.15) is 0 Å². The maximum absolute atomic E-state index is 13.7. The zero-order valence-electron chi connectivity index (χ0n) is 10.6. The average molecular weight is 378 g/mol. The normalized spacial score (nSPS) is 17.3. The quantitative estimate of drug-likeness (QED) is 0.725. The molecule has 0 fully saturated rings. The summed E-state index contributed by atoms with van der Waals surface area (Å²) in [6.07, 6.45) is 2.58. The molecule has 2 nitrogen and oxygen atoms in total. The van der Waals surface area contributed by atoms with Crippen LogP contribution in [0.25, 0.3) is 0 Å². The Bertz CT molecular complexity index is 677. The molecule has 1 atom stereocenters. The summed E-state index contributed by atoms with van der Waals surface area (Å²) in [6.45, 7) is 0. The first-order valence-corrected chi connectivity index (χ1v) is 7.41. The van der Waals surface area contributed by atoms with Crippen LogP contribution in [0.15, 0.2) is 58.5 Å². The molecule has 0 aliphatic carbocycles. The van der Waals surface area contributed by atoms with Gasteiger partial charge in [-0.1, -0.05) is 24.3 Å². The van der Waals surface area contributed by atoms with Crippen LogP contribution in [0.2, 0.25) is 0 Å². The van der Waals surface area contributed by atoms with Crippen LogP contribution in [0.5, 0.6) is 0 Å². The van der Waals surface area contributed by atoms with Gasteiger partial charge in [-0.3, -0.25) is 4.99 Å². The van der Waals surface area contributed by atoms with Gasteiger partial charge in [0.1, 0.15) is 5.82 Å². The zero-order valence-corrected chi connectivity index (χ0v) is 12.8. The third kappa shape index (κ3) is 2.95. The van der Waals surface area contributed by atoms with E-state index >= 15 is 0 Å². The van der Waals surface area contributed by atoms with Crippen molar-refractivity contribution in [1.29, 1.82) is 0 Å². The van der Waals surface area contributed by atoms with Crippen molar-refractivity contribution in [2.75, 3.05) is 0 Å². The summed E-state index contributed by atoms with van der Waals surface area (Å²) in [5, 5.41) is 0. The van der Waals surface area contributed by atoms with Gasteiger partial charge in [0.15, 0.2) is 5.84 Å². The van der Waals surface area contributed by atoms with Crippen LogP contribution in [0.4, 0.5) is 4.39 Å². The van der Waals surface area contributed by atoms with Crippen LogP contribution in [0.1, 0.15) is 11.1 Å². The Morgan fingerprint density at radius 2 is 1.80 bits per heavy atom. The minimum atomic E-state index is -0.279. The van der Waals surface area contributed by atoms with E-state index in [2.05, 4.69) is 56.8 Å². The topological polar surface area (TPSA) is 24.7 Å². The number of halogens is 2. The highest BCUT2D eigenvalue weighted by Crippen LogP contribution is 2.16. The van der Waals surface area contributed by atoms with Crippen molar-refractivity contribution in [3.63, 3.8) is 0 Å². The molecule has 0 amide bonds. The van der Waals surface area contributed by atoms with E-state index in [4.69, 9.17) is 0 Å². The Labute approximate surface area is 130 Å². The van der Waals surface area contributed by atoms with Gasteiger partial charge in [0.25, 0.3) is 0 Å². The molecule has 0 radical (unpaired) electrons. The van der Waals surface area contributed by atoms with E-state index < -0.39 is 0 Å². The lowest BCUT2D eigenvalue weighted by molar-refractivity contribution is 0.625. The minimum absolute atomic E-state index is 0.00957. The standard InChI is InChI=1S/C16H12FIN2/c17-15-4-2-1-3-14(15)16-19-10-13(20-16)9-11-5-7-12(18)8-6-11/h1-8,10,13H,9H2. The lowest BCUT2D eigenvalue weighted by Crippen LogP contribution is -2.07. The summed E-state index contributed by atoms with van der Waals surface area (Å²) in [4.78, 5) is 8.73. The summed E-state index contributed by atoms with van der Waals surface area (Å²) in [5.41, 5.74) is 1.68. The SMILES string of the molecule is Fc1ccccc1C1=NC(Cc2ccc(I)cc2)C=N1. The maximum Gasteiger partial charge on any atom is 0.157 e. The number of hydrogen-bond donors (Lipinski definition) is 0. The van der Waals surface area contributed by atoms with E-state index in [0.717, 1.165) is 6.42 Å². The van der Waals surface area contributed by atoms with Crippen LogP contribution in [0, 0.1) is 9.39 Å². The van der Waals surface area contributed by atoms with Crippen molar-refractivity contribution in [3.05, 3.63) is 69.0 Å². The van der Waals surface area contributed by atoms with Gasteiger partial charge in [-0.25, -0.2) is 9.38 Å². The fraction of sp³-hybridized carbons (Fsp3) is 0.125. The van der Waals surface area contributed by atoms with Crippen molar-refractivity contribution in [2.45, 2.75) is 12.5 Å². The first-order chi connectivity index (χ1) is 9.72. The molecule has 1 heterocycles. The molecule has 0 saturated carbocycles. The van der Waals surface area contributed by atoms with Crippen LogP contribution in [-0.2, 0) is 6.42 Å². The number of rotatable bonds is 3. The van der Waals surface area contributed by atoms with Gasteiger partial charge in [-0.05, 0) is 58.8 Å². The Balaban J connectivity index is 1.77. The largest absolute Gasteiger partial charge is 0.257 e. The summed E-state index contributed by atoms with van der Waals surface area (Å²) in [7, 11) is 0. The lowest BCUT2D eigenvalue weighted by atomic mass is 10.1. The molecule has 2 aromatic carbocycles. The van der Waals surface area contributed by atoms with Crippen LogP contribution < -0.4 is 0 Å². The molecule has 1 aliphatic heterocycles. The second-order valence-corrected chi connectivity index (χ2v) is 5.85. The van der Waals surface area contributed by atoms with E-state index in [-0.39, 0.29) is 11.9 Å². The Morgan fingerprint density at radius 1 is 1.05 bits per heavy atom. The highest BCUT2D eigenvalue weighted by Gasteiger charge is 2.16. The highest BCUT2D eigenvalue weighted by molar-refractivity contribution is 14.1. The molecule has 3 rings (SSSR count). The van der Waals surface area contributed by atoms with Gasteiger partial charge in [0.2, 0.25) is 0 Å². The molecule has 0 bridgehead atoms. The monoisotopic (exact) mass is 378 g/mol. The van der Waals surface area contributed by atoms with Crippen molar-refractivity contribution in [1.82, 2.24) is 0 Å². The van der Waals surface area contributed by atoms with Crippen LogP contribution in [0.3, 0.4) is 0 Å². The summed E-state index contributed by atoms with van der Waals surface area (Å²) >= 11 is 2.28. The smallest absolute Gasteiger partial charge is 0.157 e. The first kappa shape index (κ1) is 13.4. The predicted molar refractivity (Wildman–Crippen MR) is 88.1 cm³/mol. The molecule has 1 aliphatic rings. The fourth-order valence-electron chi connectivity index (χ4n) is 2.12. The van der Waals surface area contributed by atoms with Gasteiger partial charge >= 0.3 is 0 Å². The van der Waals surface area contributed by atoms with E-state index in [1.807, 2.05) is 0 Å². The van der Waals surface area contributed by atoms with E-state index in [1.165, 1.54) is 15.2 Å².